The second kappa shape index (κ2) is 31.1. The first kappa shape index (κ1) is 70.3. The number of ether oxygens (including phenoxy) is 2. The monoisotopic (exact) mass is 1350 g/mol. The van der Waals surface area contributed by atoms with Gasteiger partial charge in [-0.25, -0.2) is 23.9 Å². The topological polar surface area (TPSA) is 361 Å². The molecule has 0 amide bonds. The van der Waals surface area contributed by atoms with Gasteiger partial charge in [-0.2, -0.15) is 44.6 Å². The Labute approximate surface area is 528 Å². The predicted octanol–water partition coefficient (Wildman–Crippen LogP) is 13.7. The molecule has 6 aromatic carbocycles. The normalized spacial score (nSPS) is 10.9. The molecular weight excluding hydrogens is 1310 g/mol. The van der Waals surface area contributed by atoms with Crippen LogP contribution in [0, 0.1) is 16.2 Å². The van der Waals surface area contributed by atoms with Crippen LogP contribution in [0.5, 0.6) is 11.5 Å². The summed E-state index contributed by atoms with van der Waals surface area (Å²) >= 11 is 5.82. The molecule has 92 heavy (non-hydrogen) atoms. The molecule has 0 radical (unpaired) electrons. The highest BCUT2D eigenvalue weighted by Crippen LogP contribution is 2.33. The standard InChI is InChI=1S/C19H16N4OS.C18H14N4OS2.C16H12N2O2S.3C2HF3O2/c20-19(21)18-10-14-4-7-16(11-17(14)25-18)24-12-13-2-5-15(6-3-13)23-9-1-8-22-23;19-18(20)17-7-13-5-6-14(8-16(13)25-17)23-9-11-1-3-12(4-2-11)15-10-24-22-21-15;17-15(18)14-8-12-7-10(4-5-13(12)21-14)9-2-1-3-11(6-9)16(19)20;3*3-2(4,5)1(6)7/h1-11H,12H2,(H3,20,21);1-8,10H,9H2,(H3,19,20);1-8H,(H3,17,18)(H,19,20);3*(H,6,7). The lowest BCUT2D eigenvalue weighted by molar-refractivity contribution is -0.193. The Morgan fingerprint density at radius 3 is 1.35 bits per heavy atom. The quantitative estimate of drug-likeness (QED) is 0.0291. The van der Waals surface area contributed by atoms with Gasteiger partial charge in [0, 0.05) is 37.4 Å². The Balaban J connectivity index is 0.000000190. The third-order valence-corrected chi connectivity index (χ3v) is 15.5. The molecule has 5 aromatic heterocycles. The molecule has 0 spiro atoms. The Hall–Kier alpha value is -10.8. The summed E-state index contributed by atoms with van der Waals surface area (Å²) in [5.74, 6) is -7.34. The molecule has 20 nitrogen and oxygen atoms in total. The number of nitrogens with zero attached hydrogens (tertiary/aromatic N) is 4. The number of thiophene rings is 3. The van der Waals surface area contributed by atoms with Gasteiger partial charge in [0.25, 0.3) is 0 Å². The van der Waals surface area contributed by atoms with E-state index in [1.807, 2.05) is 150 Å². The smallest absolute Gasteiger partial charge is 0.489 e. The summed E-state index contributed by atoms with van der Waals surface area (Å²) in [6.45, 7) is 0.988. The maximum atomic E-state index is 11.0. The molecule has 0 saturated carbocycles. The van der Waals surface area contributed by atoms with E-state index in [2.05, 4.69) is 14.7 Å². The summed E-state index contributed by atoms with van der Waals surface area (Å²) in [5, 5.41) is 66.3. The largest absolute Gasteiger partial charge is 0.490 e. The van der Waals surface area contributed by atoms with Crippen molar-refractivity contribution in [1.29, 1.82) is 16.2 Å². The molecule has 478 valence electrons. The average Bonchev–Trinajstić information content (AvgIpc) is 1.67. The highest BCUT2D eigenvalue weighted by atomic mass is 32.1. The average molecular weight is 1350 g/mol. The van der Waals surface area contributed by atoms with Crippen LogP contribution < -0.4 is 26.7 Å². The molecule has 0 bridgehead atoms. The SMILES string of the molecule is N=C(N)c1cc2cc(-c3cccc(C(=O)O)c3)ccc2s1.N=C(N)c1cc2ccc(OCc3ccc(-c4csnn4)cc3)cc2s1.N=C(N)c1cc2ccc(OCc3ccc(-n4cccn4)cc3)cc2s1.O=C(O)C(F)(F)F.O=C(O)C(F)(F)F.O=C(O)C(F)(F)F. The van der Waals surface area contributed by atoms with E-state index in [0.717, 1.165) is 95.6 Å². The minimum atomic E-state index is -5.08. The van der Waals surface area contributed by atoms with Gasteiger partial charge in [-0.3, -0.25) is 16.2 Å². The maximum absolute atomic E-state index is 11.0. The Morgan fingerprint density at radius 1 is 0.500 bits per heavy atom. The number of hydrogen-bond donors (Lipinski definition) is 10. The molecule has 0 aliphatic heterocycles. The Morgan fingerprint density at radius 2 is 0.935 bits per heavy atom. The van der Waals surface area contributed by atoms with Gasteiger partial charge in [0.1, 0.15) is 47.9 Å². The molecule has 11 rings (SSSR count). The molecule has 0 atom stereocenters. The number of amidine groups is 3. The van der Waals surface area contributed by atoms with Crippen LogP contribution in [0.15, 0.2) is 169 Å². The molecule has 0 saturated heterocycles. The van der Waals surface area contributed by atoms with Crippen LogP contribution >= 0.6 is 45.5 Å². The van der Waals surface area contributed by atoms with Crippen LogP contribution in [0.25, 0.3) is 58.3 Å². The summed E-state index contributed by atoms with van der Waals surface area (Å²) in [6.07, 6.45) is -11.6. The van der Waals surface area contributed by atoms with Gasteiger partial charge < -0.3 is 47.1 Å². The summed E-state index contributed by atoms with van der Waals surface area (Å²) in [7, 11) is 0. The van der Waals surface area contributed by atoms with E-state index in [1.54, 1.807) is 24.4 Å². The summed E-state index contributed by atoms with van der Waals surface area (Å²) < 4.78 is 116. The molecule has 5 heterocycles. The number of halogens is 9. The third-order valence-electron chi connectivity index (χ3n) is 11.6. The molecule has 13 N–H and O–H groups in total. The molecular formula is C59H45F9N10O10S4. The van der Waals surface area contributed by atoms with E-state index in [0.29, 0.717) is 13.2 Å². The number of carboxylic acid groups (broad SMARTS) is 4. The van der Waals surface area contributed by atoms with Crippen LogP contribution in [0.4, 0.5) is 39.5 Å². The van der Waals surface area contributed by atoms with Crippen LogP contribution in [0.2, 0.25) is 0 Å². The second-order valence-electron chi connectivity index (χ2n) is 18.2. The van der Waals surface area contributed by atoms with Gasteiger partial charge in [0.2, 0.25) is 0 Å². The van der Waals surface area contributed by atoms with Crippen molar-refractivity contribution >= 4 is 117 Å². The summed E-state index contributed by atoms with van der Waals surface area (Å²) in [4.78, 5) is 40.0. The van der Waals surface area contributed by atoms with Gasteiger partial charge in [-0.1, -0.05) is 59.1 Å². The van der Waals surface area contributed by atoms with Gasteiger partial charge in [-0.15, -0.1) is 39.1 Å². The number of benzene rings is 6. The fraction of sp³-hybridized carbons (Fsp3) is 0.0847. The first-order valence-corrected chi connectivity index (χ1v) is 28.6. The number of carboxylic acids is 4. The number of aliphatic carboxylic acids is 3. The summed E-state index contributed by atoms with van der Waals surface area (Å²) in [5.41, 5.74) is 23.8. The minimum absolute atomic E-state index is 0.0608. The van der Waals surface area contributed by atoms with E-state index in [-0.39, 0.29) is 23.1 Å². The number of alkyl halides is 9. The fourth-order valence-electron chi connectivity index (χ4n) is 7.22. The maximum Gasteiger partial charge on any atom is 0.490 e. The number of rotatable bonds is 13. The van der Waals surface area contributed by atoms with E-state index < -0.39 is 42.4 Å². The van der Waals surface area contributed by atoms with Crippen molar-refractivity contribution in [3.8, 4) is 39.6 Å². The van der Waals surface area contributed by atoms with Gasteiger partial charge in [0.15, 0.2) is 0 Å². The van der Waals surface area contributed by atoms with Crippen molar-refractivity contribution in [2.24, 2.45) is 17.2 Å². The fourth-order valence-corrected chi connectivity index (χ4v) is 10.5. The highest BCUT2D eigenvalue weighted by molar-refractivity contribution is 7.21. The lowest BCUT2D eigenvalue weighted by atomic mass is 10.0. The van der Waals surface area contributed by atoms with Crippen LogP contribution in [0.1, 0.15) is 36.1 Å². The zero-order valence-corrected chi connectivity index (χ0v) is 49.6. The van der Waals surface area contributed by atoms with Crippen molar-refractivity contribution in [2.75, 3.05) is 0 Å². The number of hydrogen-bond acceptors (Lipinski definition) is 16. The zero-order valence-electron chi connectivity index (χ0n) is 46.4. The number of aromatic carboxylic acids is 1. The van der Waals surface area contributed by atoms with Gasteiger partial charge >= 0.3 is 42.4 Å². The number of carbonyl (C=O) groups is 4. The first-order chi connectivity index (χ1) is 43.2. The van der Waals surface area contributed by atoms with Crippen LogP contribution in [-0.4, -0.2) is 99.7 Å². The minimum Gasteiger partial charge on any atom is -0.489 e. The molecule has 33 heteroatoms. The Kier molecular flexibility index (Phi) is 23.8. The van der Waals surface area contributed by atoms with E-state index in [4.69, 9.17) is 77.7 Å². The van der Waals surface area contributed by atoms with Crippen molar-refractivity contribution in [3.05, 3.63) is 201 Å². The zero-order chi connectivity index (χ0) is 67.7. The molecule has 0 aliphatic rings. The number of nitrogens with two attached hydrogens (primary N) is 3. The number of aromatic nitrogens is 4. The van der Waals surface area contributed by atoms with E-state index in [9.17, 15) is 44.3 Å². The van der Waals surface area contributed by atoms with Gasteiger partial charge in [-0.05, 0) is 147 Å². The molecule has 11 aromatic rings. The van der Waals surface area contributed by atoms with E-state index >= 15 is 0 Å². The van der Waals surface area contributed by atoms with Crippen molar-refractivity contribution in [2.45, 2.75) is 31.7 Å². The lowest BCUT2D eigenvalue weighted by Gasteiger charge is -2.07. The Bertz CT molecular complexity index is 4160. The molecule has 0 aliphatic carbocycles. The van der Waals surface area contributed by atoms with Crippen molar-refractivity contribution < 1.29 is 88.6 Å². The number of fused-ring (bicyclic) bond motifs is 3. The summed E-state index contributed by atoms with van der Waals surface area (Å²) in [6, 6.07) is 48.5. The van der Waals surface area contributed by atoms with Crippen molar-refractivity contribution in [3.63, 3.8) is 0 Å². The first-order valence-electron chi connectivity index (χ1n) is 25.3. The van der Waals surface area contributed by atoms with Crippen molar-refractivity contribution in [1.82, 2.24) is 19.4 Å². The number of nitrogens with one attached hydrogen (secondary N) is 3. The third kappa shape index (κ3) is 20.9. The predicted molar refractivity (Wildman–Crippen MR) is 330 cm³/mol. The molecule has 0 unspecified atom stereocenters. The number of nitrogen functional groups attached to an aromatic ring is 3. The second-order valence-corrected chi connectivity index (χ2v) is 22.1. The lowest BCUT2D eigenvalue weighted by Crippen LogP contribution is -2.21. The molecule has 0 fully saturated rings. The van der Waals surface area contributed by atoms with Gasteiger partial charge in [0.05, 0.1) is 25.9 Å². The van der Waals surface area contributed by atoms with Crippen LogP contribution in [-0.2, 0) is 27.6 Å². The highest BCUT2D eigenvalue weighted by Gasteiger charge is 2.39. The van der Waals surface area contributed by atoms with Crippen LogP contribution in [0.3, 0.4) is 0 Å². The van der Waals surface area contributed by atoms with E-state index in [1.165, 1.54) is 45.5 Å².